The molecule has 1 aliphatic rings. The molecule has 0 saturated heterocycles. The number of amides is 1. The molecule has 1 aromatic carbocycles. The lowest BCUT2D eigenvalue weighted by Crippen LogP contribution is -2.11. The molecular weight excluding hydrogens is 310 g/mol. The molecule has 0 aliphatic heterocycles. The molecule has 3 heteroatoms. The summed E-state index contributed by atoms with van der Waals surface area (Å²) >= 11 is 0. The van der Waals surface area contributed by atoms with E-state index in [1.807, 2.05) is 24.3 Å². The summed E-state index contributed by atoms with van der Waals surface area (Å²) in [5, 5.41) is 2.97. The number of hydrogen-bond donors (Lipinski definition) is 1. The molecule has 0 unspecified atom stereocenters. The third kappa shape index (κ3) is 8.42. The van der Waals surface area contributed by atoms with Crippen LogP contribution in [0.2, 0.25) is 0 Å². The number of benzene rings is 1. The monoisotopic (exact) mass is 345 g/mol. The van der Waals surface area contributed by atoms with Gasteiger partial charge in [-0.1, -0.05) is 64.7 Å². The van der Waals surface area contributed by atoms with Gasteiger partial charge in [0.15, 0.2) is 0 Å². The van der Waals surface area contributed by atoms with Crippen LogP contribution in [-0.4, -0.2) is 12.5 Å². The van der Waals surface area contributed by atoms with Crippen LogP contribution in [0.15, 0.2) is 24.3 Å². The molecule has 140 valence electrons. The summed E-state index contributed by atoms with van der Waals surface area (Å²) < 4.78 is 5.86. The van der Waals surface area contributed by atoms with Gasteiger partial charge in [-0.15, -0.1) is 0 Å². The van der Waals surface area contributed by atoms with Crippen LogP contribution in [0.25, 0.3) is 0 Å². The Morgan fingerprint density at radius 2 is 1.76 bits per heavy atom. The lowest BCUT2D eigenvalue weighted by atomic mass is 9.87. The highest BCUT2D eigenvalue weighted by atomic mass is 16.5. The van der Waals surface area contributed by atoms with Crippen molar-refractivity contribution in [3.8, 4) is 5.75 Å². The zero-order valence-corrected chi connectivity index (χ0v) is 15.9. The normalized spacial score (nSPS) is 15.1. The number of nitrogens with one attached hydrogen (secondary N) is 1. The quantitative estimate of drug-likeness (QED) is 0.476. The second-order valence-corrected chi connectivity index (χ2v) is 7.38. The van der Waals surface area contributed by atoms with Crippen LogP contribution in [0.1, 0.15) is 84.0 Å². The Labute approximate surface area is 153 Å². The van der Waals surface area contributed by atoms with Gasteiger partial charge < -0.3 is 10.1 Å². The van der Waals surface area contributed by atoms with Gasteiger partial charge in [0, 0.05) is 12.1 Å². The lowest BCUT2D eigenvalue weighted by Gasteiger charge is -2.21. The fourth-order valence-corrected chi connectivity index (χ4v) is 3.57. The zero-order valence-electron chi connectivity index (χ0n) is 15.9. The fraction of sp³-hybridized carbons (Fsp3) is 0.682. The Kier molecular flexibility index (Phi) is 9.46. The first-order valence-electron chi connectivity index (χ1n) is 10.3. The highest BCUT2D eigenvalue weighted by Gasteiger charge is 2.13. The van der Waals surface area contributed by atoms with E-state index >= 15 is 0 Å². The van der Waals surface area contributed by atoms with E-state index in [4.69, 9.17) is 4.74 Å². The molecule has 25 heavy (non-hydrogen) atoms. The maximum Gasteiger partial charge on any atom is 0.224 e. The van der Waals surface area contributed by atoms with E-state index in [9.17, 15) is 4.79 Å². The highest BCUT2D eigenvalue weighted by Crippen LogP contribution is 2.26. The van der Waals surface area contributed by atoms with Gasteiger partial charge in [0.2, 0.25) is 5.91 Å². The summed E-state index contributed by atoms with van der Waals surface area (Å²) in [7, 11) is 0. The topological polar surface area (TPSA) is 38.3 Å². The Balaban J connectivity index is 1.61. The molecule has 1 amide bonds. The Bertz CT molecular complexity index is 477. The summed E-state index contributed by atoms with van der Waals surface area (Å²) in [5.74, 6) is 1.86. The van der Waals surface area contributed by atoms with Crippen molar-refractivity contribution >= 4 is 11.6 Å². The highest BCUT2D eigenvalue weighted by molar-refractivity contribution is 5.90. The van der Waals surface area contributed by atoms with Crippen molar-refractivity contribution in [2.75, 3.05) is 11.9 Å². The summed E-state index contributed by atoms with van der Waals surface area (Å²) in [5.41, 5.74) is 0.859. The Morgan fingerprint density at radius 1 is 1.04 bits per heavy atom. The van der Waals surface area contributed by atoms with E-state index in [0.717, 1.165) is 43.2 Å². The molecule has 0 heterocycles. The van der Waals surface area contributed by atoms with Crippen LogP contribution in [0.4, 0.5) is 5.69 Å². The van der Waals surface area contributed by atoms with E-state index in [1.54, 1.807) is 0 Å². The first-order chi connectivity index (χ1) is 12.3. The van der Waals surface area contributed by atoms with Crippen LogP contribution >= 0.6 is 0 Å². The van der Waals surface area contributed by atoms with Crippen LogP contribution in [0.3, 0.4) is 0 Å². The van der Waals surface area contributed by atoms with E-state index in [1.165, 1.54) is 51.4 Å². The van der Waals surface area contributed by atoms with E-state index in [-0.39, 0.29) is 5.91 Å². The van der Waals surface area contributed by atoms with Gasteiger partial charge in [-0.25, -0.2) is 0 Å². The summed E-state index contributed by atoms with van der Waals surface area (Å²) in [6, 6.07) is 7.78. The van der Waals surface area contributed by atoms with Gasteiger partial charge in [-0.05, 0) is 43.0 Å². The fourth-order valence-electron chi connectivity index (χ4n) is 3.57. The molecule has 0 aromatic heterocycles. The predicted octanol–water partition coefficient (Wildman–Crippen LogP) is 6.33. The van der Waals surface area contributed by atoms with Crippen molar-refractivity contribution in [2.24, 2.45) is 5.92 Å². The van der Waals surface area contributed by atoms with Crippen LogP contribution in [-0.2, 0) is 4.79 Å². The number of unbranched alkanes of at least 4 members (excludes halogenated alkanes) is 4. The molecule has 0 atom stereocenters. The Morgan fingerprint density at radius 3 is 2.48 bits per heavy atom. The first kappa shape index (κ1) is 19.8. The molecule has 1 aliphatic carbocycles. The van der Waals surface area contributed by atoms with Crippen molar-refractivity contribution in [3.63, 3.8) is 0 Å². The third-order valence-corrected chi connectivity index (χ3v) is 5.17. The van der Waals surface area contributed by atoms with Gasteiger partial charge >= 0.3 is 0 Å². The minimum atomic E-state index is 0.113. The molecule has 1 saturated carbocycles. The zero-order chi connectivity index (χ0) is 17.7. The third-order valence-electron chi connectivity index (χ3n) is 5.17. The minimum absolute atomic E-state index is 0.113. The van der Waals surface area contributed by atoms with Gasteiger partial charge in [0.1, 0.15) is 5.75 Å². The van der Waals surface area contributed by atoms with Gasteiger partial charge in [0.05, 0.1) is 6.61 Å². The summed E-state index contributed by atoms with van der Waals surface area (Å²) in [4.78, 5) is 11.9. The van der Waals surface area contributed by atoms with E-state index in [0.29, 0.717) is 6.42 Å². The van der Waals surface area contributed by atoms with Gasteiger partial charge in [0.25, 0.3) is 0 Å². The largest absolute Gasteiger partial charge is 0.494 e. The molecular formula is C22H35NO2. The number of rotatable bonds is 11. The molecule has 0 spiro atoms. The predicted molar refractivity (Wildman–Crippen MR) is 105 cm³/mol. The molecule has 1 N–H and O–H groups in total. The van der Waals surface area contributed by atoms with Crippen molar-refractivity contribution < 1.29 is 9.53 Å². The first-order valence-corrected chi connectivity index (χ1v) is 10.3. The number of hydrogen-bond acceptors (Lipinski definition) is 2. The van der Waals surface area contributed by atoms with Crippen LogP contribution in [0, 0.1) is 5.92 Å². The minimum Gasteiger partial charge on any atom is -0.494 e. The van der Waals surface area contributed by atoms with E-state index < -0.39 is 0 Å². The smallest absolute Gasteiger partial charge is 0.224 e. The molecule has 1 fully saturated rings. The molecule has 0 radical (unpaired) electrons. The van der Waals surface area contributed by atoms with Crippen molar-refractivity contribution in [1.29, 1.82) is 0 Å². The maximum absolute atomic E-state index is 11.9. The SMILES string of the molecule is CCCCCCCC(=O)Nc1ccc(OCCC2CCCCC2)cc1. The van der Waals surface area contributed by atoms with Crippen LogP contribution < -0.4 is 10.1 Å². The second kappa shape index (κ2) is 11.9. The average Bonchev–Trinajstić information content (AvgIpc) is 2.64. The lowest BCUT2D eigenvalue weighted by molar-refractivity contribution is -0.116. The maximum atomic E-state index is 11.9. The van der Waals surface area contributed by atoms with E-state index in [2.05, 4.69) is 12.2 Å². The average molecular weight is 346 g/mol. The number of carbonyl (C=O) groups excluding carboxylic acids is 1. The molecule has 3 nitrogen and oxygen atoms in total. The van der Waals surface area contributed by atoms with Gasteiger partial charge in [-0.2, -0.15) is 0 Å². The van der Waals surface area contributed by atoms with Gasteiger partial charge in [-0.3, -0.25) is 4.79 Å². The molecule has 0 bridgehead atoms. The second-order valence-electron chi connectivity index (χ2n) is 7.38. The van der Waals surface area contributed by atoms with Crippen LogP contribution in [0.5, 0.6) is 5.75 Å². The standard InChI is InChI=1S/C22H35NO2/c1-2-3-4-5-9-12-22(24)23-20-13-15-21(16-14-20)25-18-17-19-10-7-6-8-11-19/h13-16,19H,2-12,17-18H2,1H3,(H,23,24). The summed E-state index contributed by atoms with van der Waals surface area (Å²) in [6.07, 6.45) is 14.6. The Hall–Kier alpha value is -1.51. The molecule has 2 rings (SSSR count). The van der Waals surface area contributed by atoms with Crippen molar-refractivity contribution in [3.05, 3.63) is 24.3 Å². The number of ether oxygens (including phenoxy) is 1. The van der Waals surface area contributed by atoms with Crippen molar-refractivity contribution in [1.82, 2.24) is 0 Å². The number of anilines is 1. The molecule has 1 aromatic rings. The number of carbonyl (C=O) groups is 1. The summed E-state index contributed by atoms with van der Waals surface area (Å²) in [6.45, 7) is 3.00. The van der Waals surface area contributed by atoms with Crippen molar-refractivity contribution in [2.45, 2.75) is 84.0 Å².